The van der Waals surface area contributed by atoms with Crippen molar-refractivity contribution in [3.05, 3.63) is 5.82 Å². The summed E-state index contributed by atoms with van der Waals surface area (Å²) in [6, 6.07) is 0. The van der Waals surface area contributed by atoms with Gasteiger partial charge in [-0.3, -0.25) is 0 Å². The van der Waals surface area contributed by atoms with Crippen LogP contribution in [0.3, 0.4) is 0 Å². The second kappa shape index (κ2) is 9.14. The van der Waals surface area contributed by atoms with E-state index in [1.807, 2.05) is 0 Å². The average molecular weight is 238 g/mol. The zero-order valence-corrected chi connectivity index (χ0v) is 11.3. The van der Waals surface area contributed by atoms with Gasteiger partial charge in [-0.15, -0.1) is 10.2 Å². The van der Waals surface area contributed by atoms with Crippen molar-refractivity contribution in [2.24, 2.45) is 5.92 Å². The van der Waals surface area contributed by atoms with E-state index in [0.717, 1.165) is 18.2 Å². The number of tetrazole rings is 1. The molecular formula is C13H26N4. The van der Waals surface area contributed by atoms with Gasteiger partial charge in [0.05, 0.1) is 0 Å². The van der Waals surface area contributed by atoms with E-state index < -0.39 is 0 Å². The van der Waals surface area contributed by atoms with Crippen molar-refractivity contribution in [2.45, 2.75) is 71.6 Å². The van der Waals surface area contributed by atoms with Gasteiger partial charge >= 0.3 is 0 Å². The van der Waals surface area contributed by atoms with Gasteiger partial charge < -0.3 is 0 Å². The highest BCUT2D eigenvalue weighted by molar-refractivity contribution is 4.80. The smallest absolute Gasteiger partial charge is 0.174 e. The number of unbranched alkanes of at least 4 members (excludes halogenated alkanes) is 4. The molecule has 4 heteroatoms. The van der Waals surface area contributed by atoms with Crippen molar-refractivity contribution in [1.82, 2.24) is 20.6 Å². The molecule has 0 saturated carbocycles. The zero-order valence-electron chi connectivity index (χ0n) is 11.3. The molecule has 0 aliphatic carbocycles. The summed E-state index contributed by atoms with van der Waals surface area (Å²) in [6.45, 7) is 4.51. The van der Waals surface area contributed by atoms with E-state index in [0.29, 0.717) is 0 Å². The Kier molecular flexibility index (Phi) is 7.60. The molecule has 1 aromatic rings. The van der Waals surface area contributed by atoms with Crippen LogP contribution in [-0.4, -0.2) is 20.6 Å². The Bertz CT molecular complexity index is 248. The Morgan fingerprint density at radius 2 is 1.65 bits per heavy atom. The third-order valence-corrected chi connectivity index (χ3v) is 3.29. The van der Waals surface area contributed by atoms with E-state index >= 15 is 0 Å². The molecule has 0 spiro atoms. The number of aromatic nitrogens is 4. The predicted octanol–water partition coefficient (Wildman–Crippen LogP) is 3.52. The highest BCUT2D eigenvalue weighted by Crippen LogP contribution is 2.20. The molecule has 0 unspecified atom stereocenters. The molecular weight excluding hydrogens is 212 g/mol. The van der Waals surface area contributed by atoms with Crippen LogP contribution in [0.1, 0.15) is 71.0 Å². The Morgan fingerprint density at radius 3 is 2.12 bits per heavy atom. The van der Waals surface area contributed by atoms with Gasteiger partial charge in [-0.25, -0.2) is 0 Å². The summed E-state index contributed by atoms with van der Waals surface area (Å²) in [5.74, 6) is 1.62. The number of aromatic amines is 1. The van der Waals surface area contributed by atoms with Gasteiger partial charge in [0.2, 0.25) is 0 Å². The number of hydrogen-bond acceptors (Lipinski definition) is 3. The lowest BCUT2D eigenvalue weighted by Crippen LogP contribution is -2.06. The second-order valence-corrected chi connectivity index (χ2v) is 4.89. The monoisotopic (exact) mass is 238 g/mol. The van der Waals surface area contributed by atoms with Gasteiger partial charge in [0.25, 0.3) is 0 Å². The molecule has 0 radical (unpaired) electrons. The quantitative estimate of drug-likeness (QED) is 0.634. The van der Waals surface area contributed by atoms with E-state index in [1.54, 1.807) is 0 Å². The standard InChI is InChI=1S/C13H26N4/c1-3-5-7-9-12(10-8-6-4-2)11-13-14-16-17-15-13/h12H,3-11H2,1-2H3,(H,14,15,16,17). The van der Waals surface area contributed by atoms with E-state index in [9.17, 15) is 0 Å². The van der Waals surface area contributed by atoms with Crippen molar-refractivity contribution >= 4 is 0 Å². The highest BCUT2D eigenvalue weighted by atomic mass is 15.5. The van der Waals surface area contributed by atoms with Crippen LogP contribution < -0.4 is 0 Å². The molecule has 4 nitrogen and oxygen atoms in total. The van der Waals surface area contributed by atoms with Crippen LogP contribution in [0.25, 0.3) is 0 Å². The summed E-state index contributed by atoms with van der Waals surface area (Å²) in [6.07, 6.45) is 11.6. The Labute approximate surface area is 105 Å². The topological polar surface area (TPSA) is 54.5 Å². The first-order valence-corrected chi connectivity index (χ1v) is 7.09. The van der Waals surface area contributed by atoms with Gasteiger partial charge in [-0.1, -0.05) is 70.4 Å². The lowest BCUT2D eigenvalue weighted by molar-refractivity contribution is 0.401. The van der Waals surface area contributed by atoms with Crippen LogP contribution >= 0.6 is 0 Å². The van der Waals surface area contributed by atoms with Gasteiger partial charge in [0, 0.05) is 6.42 Å². The Balaban J connectivity index is 2.29. The maximum absolute atomic E-state index is 4.07. The van der Waals surface area contributed by atoms with Gasteiger partial charge in [-0.05, 0) is 5.92 Å². The second-order valence-electron chi connectivity index (χ2n) is 4.89. The fraction of sp³-hybridized carbons (Fsp3) is 0.923. The molecule has 0 bridgehead atoms. The largest absolute Gasteiger partial charge is 0.177 e. The van der Waals surface area contributed by atoms with Crippen LogP contribution in [0.5, 0.6) is 0 Å². The maximum Gasteiger partial charge on any atom is 0.174 e. The third-order valence-electron chi connectivity index (χ3n) is 3.29. The molecule has 1 aromatic heterocycles. The first-order valence-electron chi connectivity index (χ1n) is 7.09. The average Bonchev–Trinajstić information content (AvgIpc) is 2.82. The minimum absolute atomic E-state index is 0.741. The normalized spacial score (nSPS) is 11.2. The summed E-state index contributed by atoms with van der Waals surface area (Å²) in [7, 11) is 0. The van der Waals surface area contributed by atoms with Crippen molar-refractivity contribution in [3.63, 3.8) is 0 Å². The van der Waals surface area contributed by atoms with Crippen LogP contribution in [0.15, 0.2) is 0 Å². The molecule has 0 aliphatic rings. The fourth-order valence-electron chi connectivity index (χ4n) is 2.24. The maximum atomic E-state index is 4.07. The molecule has 1 rings (SSSR count). The molecule has 0 amide bonds. The number of H-pyrrole nitrogens is 1. The number of hydrogen-bond donors (Lipinski definition) is 1. The van der Waals surface area contributed by atoms with E-state index in [1.165, 1.54) is 51.4 Å². The number of nitrogens with zero attached hydrogens (tertiary/aromatic N) is 3. The molecule has 0 saturated heterocycles. The molecule has 17 heavy (non-hydrogen) atoms. The molecule has 0 aliphatic heterocycles. The molecule has 98 valence electrons. The number of nitrogens with one attached hydrogen (secondary N) is 1. The summed E-state index contributed by atoms with van der Waals surface area (Å²) >= 11 is 0. The molecule has 1 heterocycles. The van der Waals surface area contributed by atoms with E-state index in [2.05, 4.69) is 34.5 Å². The third kappa shape index (κ3) is 6.39. The van der Waals surface area contributed by atoms with Crippen LogP contribution in [0.4, 0.5) is 0 Å². The van der Waals surface area contributed by atoms with Gasteiger partial charge in [0.15, 0.2) is 5.82 Å². The van der Waals surface area contributed by atoms with Gasteiger partial charge in [-0.2, -0.15) is 5.21 Å². The summed E-state index contributed by atoms with van der Waals surface area (Å²) < 4.78 is 0. The van der Waals surface area contributed by atoms with Crippen molar-refractivity contribution < 1.29 is 0 Å². The van der Waals surface area contributed by atoms with Crippen LogP contribution in [0, 0.1) is 5.92 Å². The first kappa shape index (κ1) is 14.1. The SMILES string of the molecule is CCCCCC(CCCCC)Cc1nn[nH]n1. The molecule has 0 fully saturated rings. The van der Waals surface area contributed by atoms with Gasteiger partial charge in [0.1, 0.15) is 0 Å². The minimum Gasteiger partial charge on any atom is -0.177 e. The minimum atomic E-state index is 0.741. The number of rotatable bonds is 10. The lowest BCUT2D eigenvalue weighted by Gasteiger charge is -2.14. The van der Waals surface area contributed by atoms with Crippen LogP contribution in [0.2, 0.25) is 0 Å². The van der Waals surface area contributed by atoms with Crippen LogP contribution in [-0.2, 0) is 6.42 Å². The lowest BCUT2D eigenvalue weighted by atomic mass is 9.92. The fourth-order valence-corrected chi connectivity index (χ4v) is 2.24. The van der Waals surface area contributed by atoms with Crippen molar-refractivity contribution in [2.75, 3.05) is 0 Å². The Hall–Kier alpha value is -0.930. The first-order chi connectivity index (χ1) is 8.36. The molecule has 0 atom stereocenters. The molecule has 1 N–H and O–H groups in total. The summed E-state index contributed by atoms with van der Waals surface area (Å²) in [5.41, 5.74) is 0. The zero-order chi connectivity index (χ0) is 12.3. The summed E-state index contributed by atoms with van der Waals surface area (Å²) in [4.78, 5) is 0. The van der Waals surface area contributed by atoms with Crippen molar-refractivity contribution in [1.29, 1.82) is 0 Å². The summed E-state index contributed by atoms with van der Waals surface area (Å²) in [5, 5.41) is 14.3. The van der Waals surface area contributed by atoms with E-state index in [4.69, 9.17) is 0 Å². The van der Waals surface area contributed by atoms with E-state index in [-0.39, 0.29) is 0 Å². The predicted molar refractivity (Wildman–Crippen MR) is 69.7 cm³/mol. The Morgan fingerprint density at radius 1 is 1.00 bits per heavy atom. The van der Waals surface area contributed by atoms with Crippen molar-refractivity contribution in [3.8, 4) is 0 Å². The molecule has 0 aromatic carbocycles. The highest BCUT2D eigenvalue weighted by Gasteiger charge is 2.11.